The molecule has 62 valence electrons. The summed E-state index contributed by atoms with van der Waals surface area (Å²) in [6.45, 7) is 3.57. The van der Waals surface area contributed by atoms with Crippen LogP contribution in [0, 0.1) is 0 Å². The fourth-order valence-electron chi connectivity index (χ4n) is 0.723. The summed E-state index contributed by atoms with van der Waals surface area (Å²) in [6, 6.07) is 0. The maximum atomic E-state index is 5.28. The lowest BCUT2D eigenvalue weighted by Gasteiger charge is -2.01. The largest absolute Gasteiger partial charge is 0.385 e. The van der Waals surface area contributed by atoms with Crippen LogP contribution in [-0.4, -0.2) is 33.4 Å². The second-order valence-electron chi connectivity index (χ2n) is 2.24. The third kappa shape index (κ3) is 7.88. The molecule has 0 rings (SSSR count). The molecule has 0 aliphatic heterocycles. The molecular formula is C7H18N2O. The van der Waals surface area contributed by atoms with Crippen molar-refractivity contribution in [1.29, 1.82) is 0 Å². The molecule has 3 nitrogen and oxygen atoms in total. The minimum atomic E-state index is 0.726. The van der Waals surface area contributed by atoms with E-state index in [1.165, 1.54) is 6.42 Å². The van der Waals surface area contributed by atoms with Gasteiger partial charge in [-0.3, -0.25) is 0 Å². The predicted molar refractivity (Wildman–Crippen MR) is 43.0 cm³/mol. The van der Waals surface area contributed by atoms with Crippen molar-refractivity contribution < 1.29 is 4.74 Å². The van der Waals surface area contributed by atoms with Crippen LogP contribution in [0.5, 0.6) is 0 Å². The molecule has 0 aromatic heterocycles. The van der Waals surface area contributed by atoms with Crippen molar-refractivity contribution in [3.63, 3.8) is 0 Å². The molecule has 0 aromatic rings. The highest BCUT2D eigenvalue weighted by molar-refractivity contribution is 4.47. The molecule has 3 N–H and O–H groups in total. The van der Waals surface area contributed by atoms with Crippen molar-refractivity contribution in [2.75, 3.05) is 33.4 Å². The normalized spacial score (nSPS) is 10.2. The van der Waals surface area contributed by atoms with Gasteiger partial charge in [0.1, 0.15) is 0 Å². The molecule has 0 bridgehead atoms. The Bertz CT molecular complexity index is 51.6. The average molecular weight is 146 g/mol. The van der Waals surface area contributed by atoms with E-state index in [0.717, 1.165) is 32.7 Å². The molecule has 0 atom stereocenters. The van der Waals surface area contributed by atoms with Gasteiger partial charge in [0.05, 0.1) is 0 Å². The zero-order valence-electron chi connectivity index (χ0n) is 6.73. The Labute approximate surface area is 62.9 Å². The van der Waals surface area contributed by atoms with Gasteiger partial charge in [0.25, 0.3) is 0 Å². The Balaban J connectivity index is 2.65. The smallest absolute Gasteiger partial charge is 0.0462 e. The average Bonchev–Trinajstić information content (AvgIpc) is 1.97. The molecule has 0 radical (unpaired) electrons. The molecule has 0 saturated heterocycles. The van der Waals surface area contributed by atoms with Gasteiger partial charge in [-0.05, 0) is 19.4 Å². The molecule has 0 fully saturated rings. The number of hydrogen-bond acceptors (Lipinski definition) is 3. The number of nitrogens with one attached hydrogen (secondary N) is 1. The highest BCUT2D eigenvalue weighted by Gasteiger charge is 1.86. The van der Waals surface area contributed by atoms with E-state index in [9.17, 15) is 0 Å². The van der Waals surface area contributed by atoms with Gasteiger partial charge in [0, 0.05) is 26.8 Å². The summed E-state index contributed by atoms with van der Waals surface area (Å²) < 4.78 is 4.90. The third-order valence-corrected chi connectivity index (χ3v) is 1.27. The highest BCUT2D eigenvalue weighted by Crippen LogP contribution is 1.85. The quantitative estimate of drug-likeness (QED) is 0.495. The first kappa shape index (κ1) is 9.88. The molecule has 0 spiro atoms. The Morgan fingerprint density at radius 3 is 2.70 bits per heavy atom. The SMILES string of the molecule is COCCCCNCCN. The number of rotatable bonds is 7. The summed E-state index contributed by atoms with van der Waals surface area (Å²) in [5.74, 6) is 0. The summed E-state index contributed by atoms with van der Waals surface area (Å²) in [5.41, 5.74) is 5.28. The molecule has 0 amide bonds. The Morgan fingerprint density at radius 1 is 1.30 bits per heavy atom. The summed E-state index contributed by atoms with van der Waals surface area (Å²) in [7, 11) is 1.73. The van der Waals surface area contributed by atoms with Gasteiger partial charge in [-0.2, -0.15) is 0 Å². The van der Waals surface area contributed by atoms with E-state index in [2.05, 4.69) is 5.32 Å². The first-order valence-corrected chi connectivity index (χ1v) is 3.81. The van der Waals surface area contributed by atoms with Gasteiger partial charge in [-0.1, -0.05) is 0 Å². The van der Waals surface area contributed by atoms with Crippen molar-refractivity contribution in [2.24, 2.45) is 5.73 Å². The van der Waals surface area contributed by atoms with Crippen LogP contribution >= 0.6 is 0 Å². The molecule has 0 aliphatic carbocycles. The molecule has 3 heteroatoms. The first-order valence-electron chi connectivity index (χ1n) is 3.81. The third-order valence-electron chi connectivity index (χ3n) is 1.27. The second kappa shape index (κ2) is 8.88. The lowest BCUT2D eigenvalue weighted by Crippen LogP contribution is -2.23. The summed E-state index contributed by atoms with van der Waals surface area (Å²) in [6.07, 6.45) is 2.31. The van der Waals surface area contributed by atoms with Crippen LogP contribution in [-0.2, 0) is 4.74 Å². The van der Waals surface area contributed by atoms with Crippen LogP contribution in [0.4, 0.5) is 0 Å². The van der Waals surface area contributed by atoms with Crippen LogP contribution in [0.1, 0.15) is 12.8 Å². The first-order chi connectivity index (χ1) is 4.91. The van der Waals surface area contributed by atoms with Gasteiger partial charge in [0.2, 0.25) is 0 Å². The predicted octanol–water partition coefficient (Wildman–Crippen LogP) is -0.0387. The van der Waals surface area contributed by atoms with E-state index >= 15 is 0 Å². The second-order valence-corrected chi connectivity index (χ2v) is 2.24. The van der Waals surface area contributed by atoms with E-state index in [1.54, 1.807) is 7.11 Å². The Hall–Kier alpha value is -0.120. The minimum absolute atomic E-state index is 0.726. The van der Waals surface area contributed by atoms with Gasteiger partial charge < -0.3 is 15.8 Å². The highest BCUT2D eigenvalue weighted by atomic mass is 16.5. The van der Waals surface area contributed by atoms with Gasteiger partial charge >= 0.3 is 0 Å². The summed E-state index contributed by atoms with van der Waals surface area (Å²) in [5, 5.41) is 3.21. The van der Waals surface area contributed by atoms with E-state index in [0.29, 0.717) is 0 Å². The van der Waals surface area contributed by atoms with E-state index in [4.69, 9.17) is 10.5 Å². The molecular weight excluding hydrogens is 128 g/mol. The van der Waals surface area contributed by atoms with E-state index in [1.807, 2.05) is 0 Å². The van der Waals surface area contributed by atoms with E-state index in [-0.39, 0.29) is 0 Å². The van der Waals surface area contributed by atoms with Crippen molar-refractivity contribution in [1.82, 2.24) is 5.32 Å². The van der Waals surface area contributed by atoms with Crippen molar-refractivity contribution >= 4 is 0 Å². The van der Waals surface area contributed by atoms with E-state index < -0.39 is 0 Å². The Kier molecular flexibility index (Phi) is 8.77. The fraction of sp³-hybridized carbons (Fsp3) is 1.00. The van der Waals surface area contributed by atoms with Gasteiger partial charge in [-0.25, -0.2) is 0 Å². The van der Waals surface area contributed by atoms with Gasteiger partial charge in [0.15, 0.2) is 0 Å². The fourth-order valence-corrected chi connectivity index (χ4v) is 0.723. The molecule has 0 heterocycles. The molecule has 0 aliphatic rings. The van der Waals surface area contributed by atoms with Crippen molar-refractivity contribution in [3.8, 4) is 0 Å². The summed E-state index contributed by atoms with van der Waals surface area (Å²) in [4.78, 5) is 0. The van der Waals surface area contributed by atoms with Crippen LogP contribution in [0.15, 0.2) is 0 Å². The minimum Gasteiger partial charge on any atom is -0.385 e. The van der Waals surface area contributed by atoms with Crippen molar-refractivity contribution in [3.05, 3.63) is 0 Å². The lowest BCUT2D eigenvalue weighted by atomic mass is 10.3. The number of hydrogen-bond donors (Lipinski definition) is 2. The number of nitrogens with two attached hydrogens (primary N) is 1. The lowest BCUT2D eigenvalue weighted by molar-refractivity contribution is 0.192. The van der Waals surface area contributed by atoms with Crippen LogP contribution in [0.3, 0.4) is 0 Å². The molecule has 0 unspecified atom stereocenters. The zero-order chi connectivity index (χ0) is 7.66. The molecule has 10 heavy (non-hydrogen) atoms. The van der Waals surface area contributed by atoms with Crippen LogP contribution < -0.4 is 11.1 Å². The monoisotopic (exact) mass is 146 g/mol. The molecule has 0 aromatic carbocycles. The van der Waals surface area contributed by atoms with Crippen LogP contribution in [0.25, 0.3) is 0 Å². The zero-order valence-corrected chi connectivity index (χ0v) is 6.73. The number of methoxy groups -OCH3 is 1. The van der Waals surface area contributed by atoms with Gasteiger partial charge in [-0.15, -0.1) is 0 Å². The maximum absolute atomic E-state index is 5.28. The van der Waals surface area contributed by atoms with Crippen molar-refractivity contribution in [2.45, 2.75) is 12.8 Å². The maximum Gasteiger partial charge on any atom is 0.0462 e. The molecule has 0 saturated carbocycles. The Morgan fingerprint density at radius 2 is 2.10 bits per heavy atom. The summed E-state index contributed by atoms with van der Waals surface area (Å²) >= 11 is 0. The van der Waals surface area contributed by atoms with Crippen LogP contribution in [0.2, 0.25) is 0 Å². The number of ether oxygens (including phenoxy) is 1. The standard InChI is InChI=1S/C7H18N2O/c1-10-7-3-2-5-9-6-4-8/h9H,2-8H2,1H3. The number of unbranched alkanes of at least 4 members (excludes halogenated alkanes) is 1. The topological polar surface area (TPSA) is 47.3 Å².